The monoisotopic (exact) mass is 556 g/mol. The van der Waals surface area contributed by atoms with Crippen LogP contribution >= 0.6 is 0 Å². The number of aryl methyl sites for hydroxylation is 2. The van der Waals surface area contributed by atoms with Gasteiger partial charge in [-0.3, -0.25) is 9.58 Å². The number of halogens is 6. The Bertz CT molecular complexity index is 1050. The summed E-state index contributed by atoms with van der Waals surface area (Å²) in [7, 11) is 2.01. The number of rotatable bonds is 4. The smallest absolute Gasteiger partial charge is 0.475 e. The van der Waals surface area contributed by atoms with Crippen molar-refractivity contribution in [2.75, 3.05) is 19.7 Å². The summed E-state index contributed by atoms with van der Waals surface area (Å²) >= 11 is 0. The number of aromatic nitrogens is 3. The van der Waals surface area contributed by atoms with Gasteiger partial charge in [-0.1, -0.05) is 6.07 Å². The number of pyridine rings is 1. The van der Waals surface area contributed by atoms with Crippen LogP contribution in [0.2, 0.25) is 0 Å². The lowest BCUT2D eigenvalue weighted by Crippen LogP contribution is -2.65. The van der Waals surface area contributed by atoms with Gasteiger partial charge >= 0.3 is 24.3 Å². The van der Waals surface area contributed by atoms with Crippen molar-refractivity contribution in [1.82, 2.24) is 19.7 Å². The third-order valence-corrected chi connectivity index (χ3v) is 5.37. The summed E-state index contributed by atoms with van der Waals surface area (Å²) in [5.74, 6) is -4.80. The molecule has 2 aromatic heterocycles. The molecular weight excluding hydrogens is 530 g/mol. The Labute approximate surface area is 212 Å². The van der Waals surface area contributed by atoms with E-state index in [2.05, 4.69) is 21.0 Å². The third kappa shape index (κ3) is 9.48. The fourth-order valence-electron chi connectivity index (χ4n) is 3.81. The van der Waals surface area contributed by atoms with Gasteiger partial charge < -0.3 is 19.7 Å². The maximum atomic E-state index is 10.6. The average Bonchev–Trinajstić information content (AvgIpc) is 3.10. The molecule has 0 radical (unpaired) electrons. The topological polar surface area (TPSA) is 127 Å². The van der Waals surface area contributed by atoms with E-state index in [0.29, 0.717) is 5.88 Å². The summed E-state index contributed by atoms with van der Waals surface area (Å²) in [6, 6.07) is 7.93. The van der Waals surface area contributed by atoms with Crippen molar-refractivity contribution in [1.29, 1.82) is 0 Å². The van der Waals surface area contributed by atoms with Crippen molar-refractivity contribution >= 4 is 11.9 Å². The van der Waals surface area contributed by atoms with Crippen LogP contribution in [0.15, 0.2) is 30.5 Å². The Morgan fingerprint density at radius 1 is 1.13 bits per heavy atom. The summed E-state index contributed by atoms with van der Waals surface area (Å²) in [5, 5.41) is 18.7. The van der Waals surface area contributed by atoms with Crippen LogP contribution in [-0.4, -0.2) is 85.6 Å². The summed E-state index contributed by atoms with van der Waals surface area (Å²) in [4.78, 5) is 24.5. The Kier molecular flexibility index (Phi) is 10.1. The lowest BCUT2D eigenvalue weighted by molar-refractivity contribution is -0.193. The number of aliphatic carboxylic acids is 2. The van der Waals surface area contributed by atoms with Gasteiger partial charge in [0, 0.05) is 51.8 Å². The Morgan fingerprint density at radius 3 is 2.16 bits per heavy atom. The highest BCUT2D eigenvalue weighted by atomic mass is 19.4. The van der Waals surface area contributed by atoms with Crippen LogP contribution in [0.25, 0.3) is 0 Å². The Hall–Kier alpha value is -3.40. The van der Waals surface area contributed by atoms with E-state index in [1.165, 1.54) is 5.69 Å². The molecule has 4 heterocycles. The molecule has 0 saturated carbocycles. The highest BCUT2D eigenvalue weighted by Gasteiger charge is 2.48. The minimum absolute atomic E-state index is 0.0503. The molecular formula is C22H26F6N4O6. The molecule has 1 spiro atoms. The molecule has 0 aliphatic carbocycles. The predicted octanol–water partition coefficient (Wildman–Crippen LogP) is 3.20. The molecule has 2 N–H and O–H groups in total. The van der Waals surface area contributed by atoms with E-state index in [9.17, 15) is 26.3 Å². The second-order valence-electron chi connectivity index (χ2n) is 8.58. The quantitative estimate of drug-likeness (QED) is 0.546. The number of hydrogen-bond donors (Lipinski definition) is 2. The van der Waals surface area contributed by atoms with E-state index >= 15 is 0 Å². The summed E-state index contributed by atoms with van der Waals surface area (Å²) in [5.41, 5.74) is 2.27. The Morgan fingerprint density at radius 2 is 1.71 bits per heavy atom. The number of carboxylic acids is 2. The minimum Gasteiger partial charge on any atom is -0.475 e. The summed E-state index contributed by atoms with van der Waals surface area (Å²) < 4.78 is 77.6. The van der Waals surface area contributed by atoms with E-state index < -0.39 is 24.3 Å². The first-order valence-corrected chi connectivity index (χ1v) is 11.0. The van der Waals surface area contributed by atoms with Gasteiger partial charge in [0.15, 0.2) is 0 Å². The first-order valence-electron chi connectivity index (χ1n) is 11.0. The molecule has 212 valence electrons. The van der Waals surface area contributed by atoms with Crippen molar-refractivity contribution in [3.63, 3.8) is 0 Å². The third-order valence-electron chi connectivity index (χ3n) is 5.37. The number of carbonyl (C=O) groups is 2. The number of nitrogens with zero attached hydrogens (tertiary/aromatic N) is 4. The lowest BCUT2D eigenvalue weighted by atomic mass is 9.84. The number of alkyl halides is 6. The molecule has 38 heavy (non-hydrogen) atoms. The van der Waals surface area contributed by atoms with Crippen LogP contribution in [0, 0.1) is 6.92 Å². The summed E-state index contributed by atoms with van der Waals surface area (Å²) in [6.45, 7) is 5.63. The van der Waals surface area contributed by atoms with Crippen LogP contribution in [0.5, 0.6) is 5.88 Å². The van der Waals surface area contributed by atoms with Gasteiger partial charge in [-0.15, -0.1) is 0 Å². The van der Waals surface area contributed by atoms with E-state index in [4.69, 9.17) is 29.3 Å². The predicted molar refractivity (Wildman–Crippen MR) is 117 cm³/mol. The molecule has 2 aromatic rings. The SMILES string of the molecule is Cc1cc(CN2CC3(CC(Oc4ccccn4)CCO3)C2)n(C)n1.O=C(O)C(F)(F)F.O=C(O)C(F)(F)F. The second-order valence-corrected chi connectivity index (χ2v) is 8.58. The van der Waals surface area contributed by atoms with E-state index in [0.717, 1.165) is 44.8 Å². The zero-order chi connectivity index (χ0) is 28.7. The van der Waals surface area contributed by atoms with E-state index in [1.54, 1.807) is 6.20 Å². The van der Waals surface area contributed by atoms with Gasteiger partial charge in [-0.2, -0.15) is 31.4 Å². The van der Waals surface area contributed by atoms with Crippen LogP contribution in [0.1, 0.15) is 24.2 Å². The van der Waals surface area contributed by atoms with Gasteiger partial charge in [0.25, 0.3) is 0 Å². The normalized spacial score (nSPS) is 18.8. The van der Waals surface area contributed by atoms with Crippen molar-refractivity contribution in [2.24, 2.45) is 7.05 Å². The molecule has 0 aromatic carbocycles. The Balaban J connectivity index is 0.000000301. The maximum Gasteiger partial charge on any atom is 0.490 e. The molecule has 2 saturated heterocycles. The fourth-order valence-corrected chi connectivity index (χ4v) is 3.81. The number of hydrogen-bond acceptors (Lipinski definition) is 7. The molecule has 2 fully saturated rings. The standard InChI is InChI=1S/C18H24N4O2.2C2HF3O2/c1-14-9-15(21(2)20-14)11-22-12-18(13-22)10-16(6-8-23-18)24-17-5-3-4-7-19-17;2*3-2(4,5)1(6)7/h3-5,7,9,16H,6,8,10-13H2,1-2H3;2*(H,6,7). The first kappa shape index (κ1) is 30.8. The van der Waals surface area contributed by atoms with Gasteiger partial charge in [-0.25, -0.2) is 14.6 Å². The van der Waals surface area contributed by atoms with Gasteiger partial charge in [0.2, 0.25) is 5.88 Å². The fraction of sp³-hybridized carbons (Fsp3) is 0.545. The zero-order valence-corrected chi connectivity index (χ0v) is 20.3. The van der Waals surface area contributed by atoms with Gasteiger partial charge in [0.05, 0.1) is 23.6 Å². The first-order chi connectivity index (χ1) is 17.5. The molecule has 4 rings (SSSR count). The molecule has 16 heteroatoms. The van der Waals surface area contributed by atoms with Crippen molar-refractivity contribution in [3.05, 3.63) is 41.9 Å². The highest BCUT2D eigenvalue weighted by Crippen LogP contribution is 2.36. The van der Waals surface area contributed by atoms with Crippen LogP contribution in [0.4, 0.5) is 26.3 Å². The molecule has 10 nitrogen and oxygen atoms in total. The second kappa shape index (κ2) is 12.4. The average molecular weight is 556 g/mol. The van der Waals surface area contributed by atoms with Crippen molar-refractivity contribution < 1.29 is 55.6 Å². The molecule has 0 amide bonds. The minimum atomic E-state index is -5.08. The van der Waals surface area contributed by atoms with Crippen molar-refractivity contribution in [2.45, 2.75) is 50.4 Å². The van der Waals surface area contributed by atoms with Crippen molar-refractivity contribution in [3.8, 4) is 5.88 Å². The molecule has 2 aliphatic heterocycles. The number of likely N-dealkylation sites (tertiary alicyclic amines) is 1. The maximum absolute atomic E-state index is 10.6. The summed E-state index contributed by atoms with van der Waals surface area (Å²) in [6.07, 6.45) is -6.34. The zero-order valence-electron chi connectivity index (χ0n) is 20.3. The van der Waals surface area contributed by atoms with Crippen LogP contribution in [-0.2, 0) is 27.9 Å². The lowest BCUT2D eigenvalue weighted by Gasteiger charge is -2.53. The number of ether oxygens (including phenoxy) is 2. The van der Waals surface area contributed by atoms with Crippen LogP contribution < -0.4 is 4.74 Å². The number of carboxylic acid groups (broad SMARTS) is 2. The van der Waals surface area contributed by atoms with E-state index in [1.807, 2.05) is 36.9 Å². The van der Waals surface area contributed by atoms with Gasteiger partial charge in [-0.05, 0) is 19.1 Å². The van der Waals surface area contributed by atoms with Crippen LogP contribution in [0.3, 0.4) is 0 Å². The van der Waals surface area contributed by atoms with E-state index in [-0.39, 0.29) is 11.7 Å². The molecule has 1 unspecified atom stereocenters. The molecule has 0 bridgehead atoms. The largest absolute Gasteiger partial charge is 0.490 e. The van der Waals surface area contributed by atoms with Gasteiger partial charge in [0.1, 0.15) is 6.10 Å². The molecule has 1 atom stereocenters. The molecule has 2 aliphatic rings. The highest BCUT2D eigenvalue weighted by molar-refractivity contribution is 5.73.